The molecule has 3 aliphatic carbocycles. The Labute approximate surface area is 205 Å². The average molecular weight is 488 g/mol. The Morgan fingerprint density at radius 3 is 2.00 bits per heavy atom. The van der Waals surface area contributed by atoms with Gasteiger partial charge in [-0.25, -0.2) is 12.2 Å². The van der Waals surface area contributed by atoms with Crippen LogP contribution >= 0.6 is 0 Å². The summed E-state index contributed by atoms with van der Waals surface area (Å²) in [5.41, 5.74) is 8.70. The van der Waals surface area contributed by atoms with Crippen LogP contribution in [-0.4, -0.2) is 3.21 Å². The average Bonchev–Trinajstić information content (AvgIpc) is 3.35. The molecule has 1 fully saturated rings. The minimum absolute atomic E-state index is 0.167. The second-order valence-corrected chi connectivity index (χ2v) is 12.5. The van der Waals surface area contributed by atoms with E-state index in [1.165, 1.54) is 52.6 Å². The van der Waals surface area contributed by atoms with E-state index in [0.717, 1.165) is 12.8 Å². The molecule has 0 unspecified atom stereocenters. The van der Waals surface area contributed by atoms with Crippen molar-refractivity contribution in [3.8, 4) is 11.1 Å². The molecule has 0 bridgehead atoms. The molecule has 0 saturated heterocycles. The summed E-state index contributed by atoms with van der Waals surface area (Å²) in [4.78, 5) is 0. The molecule has 0 nitrogen and oxygen atoms in total. The van der Waals surface area contributed by atoms with Gasteiger partial charge in [-0.15, -0.1) is 17.5 Å². The standard InChI is InChI=1S/C21H25.C5H5.C4H6.Zr/c1-20(2,3)16-7-9-18-14(12-16)11-15-13-17(21(4,5)6)8-10-19(15)18;1-2-4-5-3-1;1-2-4-3-1;/h7-10,12H,11H2,1-6H3;1-3H,4H2;1-3H2;/q2*-1;;+2. The number of hydrogen-bond acceptors (Lipinski definition) is 0. The molecular weight excluding hydrogens is 452 g/mol. The van der Waals surface area contributed by atoms with Crippen LogP contribution in [0.3, 0.4) is 0 Å². The van der Waals surface area contributed by atoms with Crippen molar-refractivity contribution < 1.29 is 24.2 Å². The molecule has 0 amide bonds. The van der Waals surface area contributed by atoms with Crippen molar-refractivity contribution >= 4 is 3.21 Å². The number of hydrogen-bond donors (Lipinski definition) is 0. The van der Waals surface area contributed by atoms with Crippen LogP contribution in [0.25, 0.3) is 11.1 Å². The van der Waals surface area contributed by atoms with E-state index in [-0.39, 0.29) is 10.8 Å². The van der Waals surface area contributed by atoms with Gasteiger partial charge in [0, 0.05) is 0 Å². The summed E-state index contributed by atoms with van der Waals surface area (Å²) in [6.07, 6.45) is 15.4. The zero-order valence-corrected chi connectivity index (χ0v) is 22.6. The van der Waals surface area contributed by atoms with E-state index in [0.29, 0.717) is 0 Å². The third kappa shape index (κ3) is 6.58. The number of allylic oxidation sites excluding steroid dienone is 4. The molecule has 2 aromatic carbocycles. The van der Waals surface area contributed by atoms with Crippen molar-refractivity contribution in [1.82, 2.24) is 0 Å². The minimum atomic E-state index is 0.167. The molecule has 0 aromatic heterocycles. The van der Waals surface area contributed by atoms with Crippen LogP contribution in [0.1, 0.15) is 89.5 Å². The van der Waals surface area contributed by atoms with Crippen molar-refractivity contribution in [3.63, 3.8) is 0 Å². The predicted octanol–water partition coefficient (Wildman–Crippen LogP) is 7.85. The number of benzene rings is 2. The molecule has 3 aliphatic rings. The summed E-state index contributed by atoms with van der Waals surface area (Å²) in [6, 6.07) is 15.2. The molecule has 0 atom stereocenters. The van der Waals surface area contributed by atoms with Crippen LogP contribution in [0.5, 0.6) is 0 Å². The van der Waals surface area contributed by atoms with Crippen LogP contribution in [0.15, 0.2) is 48.6 Å². The van der Waals surface area contributed by atoms with Gasteiger partial charge in [0.2, 0.25) is 0 Å². The Morgan fingerprint density at radius 1 is 0.871 bits per heavy atom. The van der Waals surface area contributed by atoms with Gasteiger partial charge in [0.05, 0.1) is 0 Å². The van der Waals surface area contributed by atoms with Gasteiger partial charge in [0.25, 0.3) is 0 Å². The fraction of sp³-hybridized carbons (Fsp3) is 0.433. The maximum atomic E-state index is 3.67. The van der Waals surface area contributed by atoms with E-state index < -0.39 is 0 Å². The van der Waals surface area contributed by atoms with Crippen LogP contribution < -0.4 is 0 Å². The van der Waals surface area contributed by atoms with Crippen molar-refractivity contribution in [2.45, 2.75) is 84.5 Å². The summed E-state index contributed by atoms with van der Waals surface area (Å²) in [5, 5.41) is 0. The Hall–Kier alpha value is -1.33. The Balaban J connectivity index is 0.000000221. The summed E-state index contributed by atoms with van der Waals surface area (Å²) in [7, 11) is 0. The molecule has 0 N–H and O–H groups in total. The fourth-order valence-electron chi connectivity index (χ4n) is 3.72. The molecular formula is C30H36Zr. The third-order valence-corrected chi connectivity index (χ3v) is 7.24. The van der Waals surface area contributed by atoms with Crippen LogP contribution in [-0.2, 0) is 41.5 Å². The van der Waals surface area contributed by atoms with E-state index >= 15 is 0 Å². The fourth-order valence-corrected chi connectivity index (χ4v) is 4.59. The second kappa shape index (κ2) is 10.1. The van der Waals surface area contributed by atoms with Crippen molar-refractivity contribution in [3.05, 3.63) is 83.0 Å². The van der Waals surface area contributed by atoms with Crippen molar-refractivity contribution in [2.75, 3.05) is 0 Å². The first kappa shape index (κ1) is 24.3. The summed E-state index contributed by atoms with van der Waals surface area (Å²) >= 11 is 1.67. The number of rotatable bonds is 0. The molecule has 0 spiro atoms. The quantitative estimate of drug-likeness (QED) is 0.283. The van der Waals surface area contributed by atoms with Gasteiger partial charge in [-0.1, -0.05) is 65.3 Å². The zero-order valence-electron chi connectivity index (χ0n) is 20.2. The predicted molar refractivity (Wildman–Crippen MR) is 131 cm³/mol. The zero-order chi connectivity index (χ0) is 22.6. The summed E-state index contributed by atoms with van der Waals surface area (Å²) < 4.78 is 1.78. The van der Waals surface area contributed by atoms with Crippen molar-refractivity contribution in [1.29, 1.82) is 0 Å². The van der Waals surface area contributed by atoms with Gasteiger partial charge in [-0.2, -0.15) is 29.8 Å². The Bertz CT molecular complexity index is 913. The maximum absolute atomic E-state index is 3.67. The second-order valence-electron chi connectivity index (χ2n) is 10.8. The Kier molecular flexibility index (Phi) is 7.91. The normalized spacial score (nSPS) is 15.9. The molecule has 160 valence electrons. The van der Waals surface area contributed by atoms with E-state index in [2.05, 4.69) is 90.1 Å². The monoisotopic (exact) mass is 486 g/mol. The first-order chi connectivity index (χ1) is 14.6. The Morgan fingerprint density at radius 2 is 1.55 bits per heavy atom. The third-order valence-electron chi connectivity index (χ3n) is 6.01. The van der Waals surface area contributed by atoms with Gasteiger partial charge in [0.15, 0.2) is 0 Å². The van der Waals surface area contributed by atoms with Gasteiger partial charge in [0.1, 0.15) is 0 Å². The molecule has 2 aromatic rings. The van der Waals surface area contributed by atoms with Gasteiger partial charge in [-0.3, -0.25) is 6.08 Å². The molecule has 1 heteroatoms. The topological polar surface area (TPSA) is 0 Å². The molecule has 0 aliphatic heterocycles. The molecule has 31 heavy (non-hydrogen) atoms. The summed E-state index contributed by atoms with van der Waals surface area (Å²) in [6.45, 7) is 13.6. The van der Waals surface area contributed by atoms with E-state index in [1.54, 1.807) is 27.4 Å². The van der Waals surface area contributed by atoms with E-state index in [9.17, 15) is 0 Å². The summed E-state index contributed by atoms with van der Waals surface area (Å²) in [5.74, 6) is 0. The molecule has 0 heterocycles. The molecule has 1 saturated carbocycles. The molecule has 5 rings (SSSR count). The van der Waals surface area contributed by atoms with Crippen LogP contribution in [0.4, 0.5) is 0 Å². The first-order valence-corrected chi connectivity index (χ1v) is 12.8. The van der Waals surface area contributed by atoms with Gasteiger partial charge >= 0.3 is 46.7 Å². The SMILES string of the molecule is CC(C)(C)c1[c-]c2c(cc1)-c1ccc(C(C)(C)C)cc1C2.[C-]1=CC=CC1.[Zr+2]=[C]1CCC1. The first-order valence-electron chi connectivity index (χ1n) is 11.5. The van der Waals surface area contributed by atoms with Crippen molar-refractivity contribution in [2.24, 2.45) is 0 Å². The van der Waals surface area contributed by atoms with E-state index in [4.69, 9.17) is 0 Å². The number of fused-ring (bicyclic) bond motifs is 3. The molecule has 0 radical (unpaired) electrons. The van der Waals surface area contributed by atoms with Gasteiger partial charge in [-0.05, 0) is 28.4 Å². The van der Waals surface area contributed by atoms with E-state index in [1.807, 2.05) is 12.2 Å². The van der Waals surface area contributed by atoms with Crippen LogP contribution in [0, 0.1) is 12.1 Å². The van der Waals surface area contributed by atoms with Gasteiger partial charge < -0.3 is 0 Å². The van der Waals surface area contributed by atoms with Crippen LogP contribution in [0.2, 0.25) is 0 Å².